The van der Waals surface area contributed by atoms with Crippen LogP contribution in [0.3, 0.4) is 0 Å². The monoisotopic (exact) mass is 327 g/mol. The zero-order chi connectivity index (χ0) is 14.2. The van der Waals surface area contributed by atoms with Gasteiger partial charge in [0.05, 0.1) is 4.90 Å². The van der Waals surface area contributed by atoms with Crippen molar-refractivity contribution in [1.82, 2.24) is 4.31 Å². The van der Waals surface area contributed by atoms with Gasteiger partial charge in [-0.15, -0.1) is 22.9 Å². The van der Waals surface area contributed by atoms with E-state index in [1.807, 2.05) is 17.5 Å². The normalized spacial score (nSPS) is 16.1. The number of benzene rings is 1. The third kappa shape index (κ3) is 2.39. The largest absolute Gasteiger partial charge is 0.243 e. The average Bonchev–Trinajstić information content (AvgIpc) is 2.94. The maximum atomic E-state index is 12.8. The molecule has 0 amide bonds. The van der Waals surface area contributed by atoms with Crippen LogP contribution in [0.1, 0.15) is 16.0 Å². The molecule has 106 valence electrons. The average molecular weight is 328 g/mol. The van der Waals surface area contributed by atoms with Gasteiger partial charge >= 0.3 is 0 Å². The number of rotatable bonds is 3. The molecule has 0 fully saturated rings. The fourth-order valence-electron chi connectivity index (χ4n) is 2.43. The number of hydrogen-bond donors (Lipinski definition) is 0. The maximum Gasteiger partial charge on any atom is 0.243 e. The molecule has 0 atom stereocenters. The molecule has 2 heterocycles. The molecule has 20 heavy (non-hydrogen) atoms. The minimum absolute atomic E-state index is 0.201. The second-order valence-corrected chi connectivity index (χ2v) is 7.87. The number of sulfonamides is 1. The summed E-state index contributed by atoms with van der Waals surface area (Å²) in [6.07, 6.45) is 0.787. The zero-order valence-electron chi connectivity index (χ0n) is 10.8. The van der Waals surface area contributed by atoms with E-state index in [-0.39, 0.29) is 5.88 Å². The van der Waals surface area contributed by atoms with E-state index in [1.165, 1.54) is 4.88 Å². The van der Waals surface area contributed by atoms with Crippen molar-refractivity contribution in [2.45, 2.75) is 23.7 Å². The first-order chi connectivity index (χ1) is 9.63. The third-order valence-electron chi connectivity index (χ3n) is 3.51. The molecule has 0 N–H and O–H groups in total. The Morgan fingerprint density at radius 1 is 1.25 bits per heavy atom. The predicted molar refractivity (Wildman–Crippen MR) is 81.6 cm³/mol. The van der Waals surface area contributed by atoms with Crippen LogP contribution >= 0.6 is 22.9 Å². The van der Waals surface area contributed by atoms with Gasteiger partial charge in [-0.1, -0.05) is 18.2 Å². The van der Waals surface area contributed by atoms with E-state index in [0.717, 1.165) is 12.0 Å². The molecule has 0 saturated carbocycles. The van der Waals surface area contributed by atoms with Gasteiger partial charge in [-0.2, -0.15) is 4.31 Å². The van der Waals surface area contributed by atoms with Gasteiger partial charge in [0.2, 0.25) is 10.0 Å². The Labute approximate surface area is 127 Å². The quantitative estimate of drug-likeness (QED) is 0.812. The fourth-order valence-corrected chi connectivity index (χ4v) is 5.28. The molecule has 6 heteroatoms. The lowest BCUT2D eigenvalue weighted by Crippen LogP contribution is -2.35. The van der Waals surface area contributed by atoms with Gasteiger partial charge in [0.25, 0.3) is 0 Å². The first-order valence-electron chi connectivity index (χ1n) is 6.32. The van der Waals surface area contributed by atoms with Crippen molar-refractivity contribution >= 4 is 33.0 Å². The van der Waals surface area contributed by atoms with E-state index >= 15 is 0 Å². The smallest absolute Gasteiger partial charge is 0.207 e. The minimum Gasteiger partial charge on any atom is -0.207 e. The van der Waals surface area contributed by atoms with E-state index in [0.29, 0.717) is 23.5 Å². The van der Waals surface area contributed by atoms with Crippen molar-refractivity contribution < 1.29 is 8.42 Å². The van der Waals surface area contributed by atoms with Crippen LogP contribution in [-0.4, -0.2) is 19.3 Å². The summed E-state index contributed by atoms with van der Waals surface area (Å²) in [4.78, 5) is 1.62. The molecular weight excluding hydrogens is 314 g/mol. The number of nitrogens with zero attached hydrogens (tertiary/aromatic N) is 1. The molecule has 0 saturated heterocycles. The highest BCUT2D eigenvalue weighted by molar-refractivity contribution is 7.89. The van der Waals surface area contributed by atoms with Crippen molar-refractivity contribution in [1.29, 1.82) is 0 Å². The van der Waals surface area contributed by atoms with E-state index in [2.05, 4.69) is 0 Å². The molecule has 1 aromatic carbocycles. The summed E-state index contributed by atoms with van der Waals surface area (Å²) >= 11 is 7.56. The topological polar surface area (TPSA) is 37.4 Å². The molecule has 0 spiro atoms. The van der Waals surface area contributed by atoms with Gasteiger partial charge in [0.1, 0.15) is 0 Å². The van der Waals surface area contributed by atoms with Crippen LogP contribution in [0.2, 0.25) is 0 Å². The lowest BCUT2D eigenvalue weighted by molar-refractivity contribution is 0.394. The molecule has 1 aliphatic heterocycles. The van der Waals surface area contributed by atoms with Crippen molar-refractivity contribution in [2.75, 3.05) is 6.54 Å². The van der Waals surface area contributed by atoms with Crippen molar-refractivity contribution in [3.63, 3.8) is 0 Å². The van der Waals surface area contributed by atoms with Crippen LogP contribution < -0.4 is 0 Å². The van der Waals surface area contributed by atoms with Gasteiger partial charge in [-0.3, -0.25) is 0 Å². The van der Waals surface area contributed by atoms with Crippen molar-refractivity contribution in [3.8, 4) is 0 Å². The Balaban J connectivity index is 1.97. The van der Waals surface area contributed by atoms with Gasteiger partial charge < -0.3 is 0 Å². The summed E-state index contributed by atoms with van der Waals surface area (Å²) in [7, 11) is -3.47. The third-order valence-corrected chi connectivity index (χ3v) is 6.76. The van der Waals surface area contributed by atoms with Crippen LogP contribution in [0.4, 0.5) is 0 Å². The lowest BCUT2D eigenvalue weighted by atomic mass is 10.1. The van der Waals surface area contributed by atoms with Gasteiger partial charge in [0.15, 0.2) is 0 Å². The van der Waals surface area contributed by atoms with Crippen LogP contribution in [0, 0.1) is 0 Å². The molecule has 0 radical (unpaired) electrons. The lowest BCUT2D eigenvalue weighted by Gasteiger charge is -2.27. The summed E-state index contributed by atoms with van der Waals surface area (Å²) in [6, 6.07) is 8.96. The molecule has 1 aliphatic rings. The van der Waals surface area contributed by atoms with Gasteiger partial charge in [0, 0.05) is 23.8 Å². The maximum absolute atomic E-state index is 12.8. The number of hydrogen-bond acceptors (Lipinski definition) is 3. The van der Waals surface area contributed by atoms with Gasteiger partial charge in [-0.25, -0.2) is 8.42 Å². The summed E-state index contributed by atoms with van der Waals surface area (Å²) < 4.78 is 27.1. The number of thiophene rings is 1. The molecule has 3 rings (SSSR count). The van der Waals surface area contributed by atoms with Crippen LogP contribution in [0.25, 0.3) is 0 Å². The first kappa shape index (κ1) is 14.1. The Kier molecular flexibility index (Phi) is 3.86. The standard InChI is InChI=1S/C14H14ClNO2S2/c15-9-11-3-1-2-4-14(11)20(17,18)16-7-5-13-12(10-16)6-8-19-13/h1-4,6,8H,5,7,9-10H2. The molecule has 3 nitrogen and oxygen atoms in total. The van der Waals surface area contributed by atoms with Crippen molar-refractivity contribution in [2.24, 2.45) is 0 Å². The fraction of sp³-hybridized carbons (Fsp3) is 0.286. The SMILES string of the molecule is O=S(=O)(c1ccccc1CCl)N1CCc2sccc2C1. The number of fused-ring (bicyclic) bond motifs is 1. The first-order valence-corrected chi connectivity index (χ1v) is 9.17. The van der Waals surface area contributed by atoms with Crippen molar-refractivity contribution in [3.05, 3.63) is 51.7 Å². The van der Waals surface area contributed by atoms with Gasteiger partial charge in [-0.05, 0) is 35.1 Å². The number of alkyl halides is 1. The Hall–Kier alpha value is -0.880. The van der Waals surface area contributed by atoms with E-state index in [4.69, 9.17) is 11.6 Å². The summed E-state index contributed by atoms with van der Waals surface area (Å²) in [5.74, 6) is 0.201. The highest BCUT2D eigenvalue weighted by Gasteiger charge is 2.30. The molecule has 0 bridgehead atoms. The molecule has 0 aliphatic carbocycles. The highest BCUT2D eigenvalue weighted by atomic mass is 35.5. The van der Waals surface area contributed by atoms with E-state index in [1.54, 1.807) is 33.8 Å². The summed E-state index contributed by atoms with van der Waals surface area (Å²) in [5.41, 5.74) is 1.78. The second kappa shape index (κ2) is 5.48. The van der Waals surface area contributed by atoms with E-state index in [9.17, 15) is 8.42 Å². The van der Waals surface area contributed by atoms with Crippen LogP contribution in [-0.2, 0) is 28.9 Å². The number of halogens is 1. The molecular formula is C14H14ClNO2S2. The minimum atomic E-state index is -3.47. The van der Waals surface area contributed by atoms with Crippen LogP contribution in [0.5, 0.6) is 0 Å². The Bertz CT molecular complexity index is 724. The summed E-state index contributed by atoms with van der Waals surface area (Å²) in [6.45, 7) is 0.990. The Morgan fingerprint density at radius 2 is 2.05 bits per heavy atom. The van der Waals surface area contributed by atoms with E-state index < -0.39 is 10.0 Å². The molecule has 2 aromatic rings. The molecule has 1 aromatic heterocycles. The van der Waals surface area contributed by atoms with Crippen LogP contribution in [0.15, 0.2) is 40.6 Å². The predicted octanol–water partition coefficient (Wildman–Crippen LogP) is 3.23. The Morgan fingerprint density at radius 3 is 2.85 bits per heavy atom. The highest BCUT2D eigenvalue weighted by Crippen LogP contribution is 2.29. The second-order valence-electron chi connectivity index (χ2n) is 4.70. The molecule has 0 unspecified atom stereocenters. The zero-order valence-corrected chi connectivity index (χ0v) is 13.1. The summed E-state index contributed by atoms with van der Waals surface area (Å²) in [5, 5.41) is 2.02.